The van der Waals surface area contributed by atoms with Gasteiger partial charge in [-0.3, -0.25) is 4.79 Å². The zero-order valence-corrected chi connectivity index (χ0v) is 14.7. The molecule has 0 saturated heterocycles. The summed E-state index contributed by atoms with van der Waals surface area (Å²) in [6.07, 6.45) is 4.56. The standard InChI is InChI=1S/C20H17NOS2/c22-19(9-8-16-7-4-13-23-16)21-12-10-18-17(11-14-24-18)20(21)15-5-2-1-3-6-15/h1-9,11,13-14,20H,10,12H2/b9-8+/t20-/m1/s1. The zero-order valence-electron chi connectivity index (χ0n) is 13.1. The van der Waals surface area contributed by atoms with Gasteiger partial charge in [-0.15, -0.1) is 22.7 Å². The number of hydrogen-bond acceptors (Lipinski definition) is 3. The lowest BCUT2D eigenvalue weighted by molar-refractivity contribution is -0.127. The molecule has 3 heterocycles. The number of carbonyl (C=O) groups excluding carboxylic acids is 1. The molecule has 1 amide bonds. The number of nitrogens with zero attached hydrogens (tertiary/aromatic N) is 1. The molecule has 24 heavy (non-hydrogen) atoms. The van der Waals surface area contributed by atoms with Crippen LogP contribution in [0.15, 0.2) is 65.4 Å². The summed E-state index contributed by atoms with van der Waals surface area (Å²) in [6, 6.07) is 16.5. The third-order valence-electron chi connectivity index (χ3n) is 4.30. The maximum atomic E-state index is 12.9. The lowest BCUT2D eigenvalue weighted by Gasteiger charge is -2.35. The maximum Gasteiger partial charge on any atom is 0.247 e. The third kappa shape index (κ3) is 2.95. The molecular formula is C20H17NOS2. The maximum absolute atomic E-state index is 12.9. The average molecular weight is 351 g/mol. The average Bonchev–Trinajstić information content (AvgIpc) is 3.30. The van der Waals surface area contributed by atoms with Crippen LogP contribution < -0.4 is 0 Å². The van der Waals surface area contributed by atoms with E-state index < -0.39 is 0 Å². The van der Waals surface area contributed by atoms with Crippen molar-refractivity contribution in [3.05, 3.63) is 86.2 Å². The number of amides is 1. The topological polar surface area (TPSA) is 20.3 Å². The fourth-order valence-corrected chi connectivity index (χ4v) is 4.71. The smallest absolute Gasteiger partial charge is 0.247 e. The first kappa shape index (κ1) is 15.4. The highest BCUT2D eigenvalue weighted by Crippen LogP contribution is 2.37. The van der Waals surface area contributed by atoms with Crippen LogP contribution in [-0.4, -0.2) is 17.4 Å². The first-order valence-corrected chi connectivity index (χ1v) is 9.72. The van der Waals surface area contributed by atoms with E-state index in [0.29, 0.717) is 0 Å². The fraction of sp³-hybridized carbons (Fsp3) is 0.150. The van der Waals surface area contributed by atoms with Crippen LogP contribution in [0.5, 0.6) is 0 Å². The Bertz CT molecular complexity index is 849. The van der Waals surface area contributed by atoms with Crippen LogP contribution in [0.1, 0.15) is 26.9 Å². The highest BCUT2D eigenvalue weighted by molar-refractivity contribution is 7.10. The van der Waals surface area contributed by atoms with Gasteiger partial charge in [-0.2, -0.15) is 0 Å². The van der Waals surface area contributed by atoms with Gasteiger partial charge in [-0.05, 0) is 46.5 Å². The highest BCUT2D eigenvalue weighted by Gasteiger charge is 2.31. The van der Waals surface area contributed by atoms with Crippen molar-refractivity contribution in [3.8, 4) is 0 Å². The molecule has 1 aliphatic heterocycles. The zero-order chi connectivity index (χ0) is 16.4. The molecule has 3 aromatic rings. The normalized spacial score (nSPS) is 17.2. The van der Waals surface area contributed by atoms with Gasteiger partial charge < -0.3 is 4.90 Å². The number of thiophene rings is 2. The lowest BCUT2D eigenvalue weighted by Crippen LogP contribution is -2.39. The van der Waals surface area contributed by atoms with Gasteiger partial charge in [0.15, 0.2) is 0 Å². The fourth-order valence-electron chi connectivity index (χ4n) is 3.18. The van der Waals surface area contributed by atoms with Gasteiger partial charge >= 0.3 is 0 Å². The molecule has 0 unspecified atom stereocenters. The van der Waals surface area contributed by atoms with Gasteiger partial charge in [-0.1, -0.05) is 36.4 Å². The molecule has 0 fully saturated rings. The first-order valence-electron chi connectivity index (χ1n) is 7.96. The van der Waals surface area contributed by atoms with Gasteiger partial charge in [0.05, 0.1) is 6.04 Å². The number of rotatable bonds is 3. The second-order valence-corrected chi connectivity index (χ2v) is 7.72. The van der Waals surface area contributed by atoms with Crippen LogP contribution in [0.2, 0.25) is 0 Å². The Hall–Kier alpha value is -2.17. The van der Waals surface area contributed by atoms with E-state index in [4.69, 9.17) is 0 Å². The van der Waals surface area contributed by atoms with Crippen LogP contribution in [0, 0.1) is 0 Å². The quantitative estimate of drug-likeness (QED) is 0.608. The molecule has 1 aliphatic rings. The molecule has 0 spiro atoms. The third-order valence-corrected chi connectivity index (χ3v) is 6.13. The minimum Gasteiger partial charge on any atom is -0.328 e. The van der Waals surface area contributed by atoms with Crippen molar-refractivity contribution < 1.29 is 4.79 Å². The summed E-state index contributed by atoms with van der Waals surface area (Å²) in [5.74, 6) is 0.0779. The van der Waals surface area contributed by atoms with Gasteiger partial charge in [0.2, 0.25) is 5.91 Å². The summed E-state index contributed by atoms with van der Waals surface area (Å²) in [5, 5.41) is 4.16. The molecule has 0 N–H and O–H groups in total. The Labute approximate surface area is 149 Å². The number of hydrogen-bond donors (Lipinski definition) is 0. The van der Waals surface area contributed by atoms with Crippen LogP contribution in [0.4, 0.5) is 0 Å². The molecule has 1 atom stereocenters. The summed E-state index contributed by atoms with van der Waals surface area (Å²) in [5.41, 5.74) is 2.45. The molecule has 0 saturated carbocycles. The van der Waals surface area contributed by atoms with Crippen molar-refractivity contribution in [3.63, 3.8) is 0 Å². The molecule has 4 heteroatoms. The number of carbonyl (C=O) groups is 1. The second kappa shape index (κ2) is 6.75. The lowest BCUT2D eigenvalue weighted by atomic mass is 9.93. The second-order valence-electron chi connectivity index (χ2n) is 5.74. The molecule has 0 radical (unpaired) electrons. The Kier molecular flexibility index (Phi) is 4.32. The van der Waals surface area contributed by atoms with Crippen LogP contribution in [-0.2, 0) is 11.2 Å². The molecule has 2 aromatic heterocycles. The Balaban J connectivity index is 1.67. The van der Waals surface area contributed by atoms with Crippen LogP contribution >= 0.6 is 22.7 Å². The van der Waals surface area contributed by atoms with Gasteiger partial charge in [0, 0.05) is 22.4 Å². The molecule has 1 aromatic carbocycles. The summed E-state index contributed by atoms with van der Waals surface area (Å²) in [6.45, 7) is 0.765. The first-order chi connectivity index (χ1) is 11.8. The minimum absolute atomic E-state index is 0.0154. The van der Waals surface area contributed by atoms with Gasteiger partial charge in [-0.25, -0.2) is 0 Å². The van der Waals surface area contributed by atoms with E-state index >= 15 is 0 Å². The van der Waals surface area contributed by atoms with Crippen molar-refractivity contribution in [1.29, 1.82) is 0 Å². The van der Waals surface area contributed by atoms with Crippen molar-refractivity contribution in [2.45, 2.75) is 12.5 Å². The van der Waals surface area contributed by atoms with Crippen molar-refractivity contribution >= 4 is 34.7 Å². The predicted octanol–water partition coefficient (Wildman–Crippen LogP) is 5.00. The number of fused-ring (bicyclic) bond motifs is 1. The monoisotopic (exact) mass is 351 g/mol. The van der Waals surface area contributed by atoms with Gasteiger partial charge in [0.1, 0.15) is 0 Å². The van der Waals surface area contributed by atoms with E-state index in [0.717, 1.165) is 17.8 Å². The van der Waals surface area contributed by atoms with E-state index in [9.17, 15) is 4.79 Å². The van der Waals surface area contributed by atoms with Crippen molar-refractivity contribution in [1.82, 2.24) is 4.90 Å². The van der Waals surface area contributed by atoms with Crippen LogP contribution in [0.3, 0.4) is 0 Å². The molecule has 2 nitrogen and oxygen atoms in total. The molecule has 120 valence electrons. The van der Waals surface area contributed by atoms with E-state index in [1.165, 1.54) is 16.0 Å². The molecule has 4 rings (SSSR count). The summed E-state index contributed by atoms with van der Waals surface area (Å²) < 4.78 is 0. The van der Waals surface area contributed by atoms with Gasteiger partial charge in [0.25, 0.3) is 0 Å². The summed E-state index contributed by atoms with van der Waals surface area (Å²) in [4.78, 5) is 17.4. The largest absolute Gasteiger partial charge is 0.328 e. The van der Waals surface area contributed by atoms with Crippen molar-refractivity contribution in [2.24, 2.45) is 0 Å². The van der Waals surface area contributed by atoms with E-state index in [1.807, 2.05) is 46.7 Å². The predicted molar refractivity (Wildman–Crippen MR) is 101 cm³/mol. The minimum atomic E-state index is 0.0154. The molecule has 0 bridgehead atoms. The Morgan fingerprint density at radius 3 is 2.71 bits per heavy atom. The van der Waals surface area contributed by atoms with Crippen LogP contribution in [0.25, 0.3) is 6.08 Å². The Morgan fingerprint density at radius 1 is 1.04 bits per heavy atom. The van der Waals surface area contributed by atoms with Crippen molar-refractivity contribution in [2.75, 3.05) is 6.54 Å². The number of benzene rings is 1. The molecule has 0 aliphatic carbocycles. The van der Waals surface area contributed by atoms with E-state index in [2.05, 4.69) is 23.6 Å². The highest BCUT2D eigenvalue weighted by atomic mass is 32.1. The SMILES string of the molecule is O=C(/C=C/c1cccs1)N1CCc2sccc2[C@H]1c1ccccc1. The summed E-state index contributed by atoms with van der Waals surface area (Å²) in [7, 11) is 0. The Morgan fingerprint density at radius 2 is 1.92 bits per heavy atom. The van der Waals surface area contributed by atoms with E-state index in [1.54, 1.807) is 28.7 Å². The summed E-state index contributed by atoms with van der Waals surface area (Å²) >= 11 is 3.44. The molecular weight excluding hydrogens is 334 g/mol. The van der Waals surface area contributed by atoms with E-state index in [-0.39, 0.29) is 11.9 Å².